The van der Waals surface area contributed by atoms with Gasteiger partial charge in [0.1, 0.15) is 12.4 Å². The van der Waals surface area contributed by atoms with Gasteiger partial charge in [0.15, 0.2) is 5.96 Å². The highest BCUT2D eigenvalue weighted by molar-refractivity contribution is 14.0. The number of benzene rings is 2. The zero-order chi connectivity index (χ0) is 18.5. The summed E-state index contributed by atoms with van der Waals surface area (Å²) < 4.78 is 11.0. The molecule has 2 rings (SSSR count). The van der Waals surface area contributed by atoms with Gasteiger partial charge < -0.3 is 20.1 Å². The highest BCUT2D eigenvalue weighted by atomic mass is 127. The smallest absolute Gasteiger partial charge is 0.191 e. The Bertz CT molecular complexity index is 665. The average molecular weight is 483 g/mol. The Labute approximate surface area is 179 Å². The van der Waals surface area contributed by atoms with E-state index in [1.165, 1.54) is 0 Å². The van der Waals surface area contributed by atoms with Crippen molar-refractivity contribution in [1.82, 2.24) is 10.6 Å². The van der Waals surface area contributed by atoms with Crippen LogP contribution in [0.25, 0.3) is 11.1 Å². The number of ether oxygens (including phenoxy) is 2. The molecule has 0 heterocycles. The van der Waals surface area contributed by atoms with Gasteiger partial charge in [0.2, 0.25) is 0 Å². The molecular formula is C21H30IN3O2. The second-order valence-corrected chi connectivity index (χ2v) is 5.74. The van der Waals surface area contributed by atoms with Gasteiger partial charge in [-0.25, -0.2) is 0 Å². The van der Waals surface area contributed by atoms with Crippen LogP contribution < -0.4 is 15.4 Å². The monoisotopic (exact) mass is 483 g/mol. The van der Waals surface area contributed by atoms with Crippen molar-refractivity contribution in [2.24, 2.45) is 4.99 Å². The zero-order valence-electron chi connectivity index (χ0n) is 16.1. The van der Waals surface area contributed by atoms with Crippen LogP contribution in [-0.2, 0) is 4.74 Å². The first-order valence-electron chi connectivity index (χ1n) is 9.13. The minimum atomic E-state index is 0. The summed E-state index contributed by atoms with van der Waals surface area (Å²) in [6, 6.07) is 18.4. The molecule has 27 heavy (non-hydrogen) atoms. The molecule has 0 saturated heterocycles. The maximum atomic E-state index is 6.00. The van der Waals surface area contributed by atoms with Crippen molar-refractivity contribution in [2.75, 3.05) is 40.0 Å². The molecule has 0 unspecified atom stereocenters. The van der Waals surface area contributed by atoms with Crippen LogP contribution in [0.1, 0.15) is 13.3 Å². The molecule has 2 aromatic rings. The van der Waals surface area contributed by atoms with Crippen LogP contribution in [0.5, 0.6) is 5.75 Å². The standard InChI is InChI=1S/C21H29N3O2.HI/c1-3-22-21(23-14-9-16-25-2)24-15-17-26-20-13-8-7-12-19(20)18-10-5-4-6-11-18;/h4-8,10-13H,3,9,14-17H2,1-2H3,(H2,22,23,24);1H. The lowest BCUT2D eigenvalue weighted by molar-refractivity contribution is 0.197. The molecule has 0 saturated carbocycles. The lowest BCUT2D eigenvalue weighted by atomic mass is 10.1. The van der Waals surface area contributed by atoms with Gasteiger partial charge in [-0.1, -0.05) is 48.5 Å². The Hall–Kier alpha value is -1.80. The van der Waals surface area contributed by atoms with E-state index in [1.54, 1.807) is 7.11 Å². The second-order valence-electron chi connectivity index (χ2n) is 5.74. The predicted molar refractivity (Wildman–Crippen MR) is 123 cm³/mol. The van der Waals surface area contributed by atoms with E-state index in [9.17, 15) is 0 Å². The third kappa shape index (κ3) is 8.62. The fourth-order valence-electron chi connectivity index (χ4n) is 2.52. The van der Waals surface area contributed by atoms with E-state index in [-0.39, 0.29) is 24.0 Å². The van der Waals surface area contributed by atoms with E-state index in [1.807, 2.05) is 36.4 Å². The van der Waals surface area contributed by atoms with Gasteiger partial charge in [0, 0.05) is 32.4 Å². The number of rotatable bonds is 10. The Morgan fingerprint density at radius 3 is 2.44 bits per heavy atom. The van der Waals surface area contributed by atoms with E-state index in [0.717, 1.165) is 49.0 Å². The summed E-state index contributed by atoms with van der Waals surface area (Å²) in [6.45, 7) is 5.58. The molecule has 6 heteroatoms. The molecule has 2 N–H and O–H groups in total. The Morgan fingerprint density at radius 2 is 1.70 bits per heavy atom. The summed E-state index contributed by atoms with van der Waals surface area (Å²) in [5.41, 5.74) is 2.26. The quantitative estimate of drug-likeness (QED) is 0.233. The van der Waals surface area contributed by atoms with Crippen molar-refractivity contribution in [2.45, 2.75) is 13.3 Å². The zero-order valence-corrected chi connectivity index (χ0v) is 18.4. The Morgan fingerprint density at radius 1 is 0.963 bits per heavy atom. The summed E-state index contributed by atoms with van der Waals surface area (Å²) in [5, 5.41) is 6.54. The lowest BCUT2D eigenvalue weighted by Gasteiger charge is -2.14. The number of nitrogens with zero attached hydrogens (tertiary/aromatic N) is 1. The van der Waals surface area contributed by atoms with Crippen molar-refractivity contribution >= 4 is 29.9 Å². The third-order valence-corrected chi connectivity index (χ3v) is 3.74. The minimum Gasteiger partial charge on any atom is -0.491 e. The Kier molecular flexibility index (Phi) is 12.3. The third-order valence-electron chi connectivity index (χ3n) is 3.74. The van der Waals surface area contributed by atoms with Crippen LogP contribution in [0, 0.1) is 0 Å². The summed E-state index contributed by atoms with van der Waals surface area (Å²) in [5.74, 6) is 1.70. The number of halogens is 1. The summed E-state index contributed by atoms with van der Waals surface area (Å²) in [4.78, 5) is 4.52. The van der Waals surface area contributed by atoms with Crippen LogP contribution in [0.3, 0.4) is 0 Å². The number of nitrogens with one attached hydrogen (secondary N) is 2. The maximum Gasteiger partial charge on any atom is 0.191 e. The normalized spacial score (nSPS) is 10.8. The van der Waals surface area contributed by atoms with E-state index in [0.29, 0.717) is 13.2 Å². The van der Waals surface area contributed by atoms with Crippen molar-refractivity contribution in [1.29, 1.82) is 0 Å². The number of hydrogen-bond acceptors (Lipinski definition) is 3. The molecule has 148 valence electrons. The van der Waals surface area contributed by atoms with Gasteiger partial charge in [0.05, 0.1) is 6.54 Å². The molecule has 5 nitrogen and oxygen atoms in total. The molecule has 0 aromatic heterocycles. The molecule has 0 spiro atoms. The van der Waals surface area contributed by atoms with E-state index < -0.39 is 0 Å². The molecule has 0 aliphatic heterocycles. The number of hydrogen-bond donors (Lipinski definition) is 2. The number of para-hydroxylation sites is 1. The molecule has 0 aliphatic rings. The minimum absolute atomic E-state index is 0. The van der Waals surface area contributed by atoms with Crippen molar-refractivity contribution in [3.63, 3.8) is 0 Å². The fourth-order valence-corrected chi connectivity index (χ4v) is 2.52. The van der Waals surface area contributed by atoms with Crippen LogP contribution in [0.2, 0.25) is 0 Å². The topological polar surface area (TPSA) is 54.9 Å². The Balaban J connectivity index is 0.00000364. The number of aliphatic imine (C=N–C) groups is 1. The largest absolute Gasteiger partial charge is 0.491 e. The van der Waals surface area contributed by atoms with Crippen molar-refractivity contribution < 1.29 is 9.47 Å². The van der Waals surface area contributed by atoms with Crippen LogP contribution in [0.15, 0.2) is 59.6 Å². The predicted octanol–water partition coefficient (Wildman–Crippen LogP) is 3.94. The van der Waals surface area contributed by atoms with Gasteiger partial charge in [-0.2, -0.15) is 0 Å². The molecule has 2 aromatic carbocycles. The molecule has 0 amide bonds. The van der Waals surface area contributed by atoms with Crippen molar-refractivity contribution in [3.8, 4) is 16.9 Å². The van der Waals surface area contributed by atoms with Crippen LogP contribution in [-0.4, -0.2) is 45.9 Å². The number of methoxy groups -OCH3 is 1. The van der Waals surface area contributed by atoms with E-state index in [2.05, 4.69) is 40.7 Å². The van der Waals surface area contributed by atoms with Gasteiger partial charge in [-0.15, -0.1) is 24.0 Å². The van der Waals surface area contributed by atoms with Crippen molar-refractivity contribution in [3.05, 3.63) is 54.6 Å². The van der Waals surface area contributed by atoms with Crippen LogP contribution in [0.4, 0.5) is 0 Å². The average Bonchev–Trinajstić information content (AvgIpc) is 2.69. The summed E-state index contributed by atoms with van der Waals surface area (Å²) in [7, 11) is 1.71. The highest BCUT2D eigenvalue weighted by Crippen LogP contribution is 2.29. The van der Waals surface area contributed by atoms with Gasteiger partial charge in [-0.05, 0) is 25.0 Å². The molecule has 0 aliphatic carbocycles. The van der Waals surface area contributed by atoms with E-state index >= 15 is 0 Å². The van der Waals surface area contributed by atoms with Gasteiger partial charge in [-0.3, -0.25) is 4.99 Å². The first-order chi connectivity index (χ1) is 12.8. The van der Waals surface area contributed by atoms with Crippen LogP contribution >= 0.6 is 24.0 Å². The second kappa shape index (κ2) is 14.3. The summed E-state index contributed by atoms with van der Waals surface area (Å²) in [6.07, 6.45) is 0.911. The molecule has 0 atom stereocenters. The lowest BCUT2D eigenvalue weighted by Crippen LogP contribution is -2.39. The summed E-state index contributed by atoms with van der Waals surface area (Å²) >= 11 is 0. The molecule has 0 bridgehead atoms. The molecule has 0 fully saturated rings. The maximum absolute atomic E-state index is 6.00. The first-order valence-corrected chi connectivity index (χ1v) is 9.13. The van der Waals surface area contributed by atoms with Gasteiger partial charge in [0.25, 0.3) is 0 Å². The van der Waals surface area contributed by atoms with Gasteiger partial charge >= 0.3 is 0 Å². The highest BCUT2D eigenvalue weighted by Gasteiger charge is 2.05. The first kappa shape index (κ1) is 23.2. The fraction of sp³-hybridized carbons (Fsp3) is 0.381. The molecular weight excluding hydrogens is 453 g/mol. The van der Waals surface area contributed by atoms with E-state index in [4.69, 9.17) is 9.47 Å². The SMILES string of the molecule is CCNC(=NCCCOC)NCCOc1ccccc1-c1ccccc1.I. The molecule has 0 radical (unpaired) electrons. The number of guanidine groups is 1.